The smallest absolute Gasteiger partial charge is 0.361 e. The molecular formula is C9H5ClF3N. The Morgan fingerprint density at radius 3 is 2.50 bits per heavy atom. The van der Waals surface area contributed by atoms with Gasteiger partial charge < -0.3 is 4.98 Å². The van der Waals surface area contributed by atoms with Gasteiger partial charge in [-0.3, -0.25) is 0 Å². The maximum atomic E-state index is 12.5. The molecule has 0 fully saturated rings. The predicted molar refractivity (Wildman–Crippen MR) is 48.3 cm³/mol. The van der Waals surface area contributed by atoms with Gasteiger partial charge in [0.2, 0.25) is 0 Å². The summed E-state index contributed by atoms with van der Waals surface area (Å²) in [4.78, 5) is 2.53. The van der Waals surface area contributed by atoms with Crippen LogP contribution in [-0.4, -0.2) is 4.98 Å². The first-order valence-electron chi connectivity index (χ1n) is 3.83. The molecule has 5 heteroatoms. The average Bonchev–Trinajstić information content (AvgIpc) is 2.50. The number of benzene rings is 1. The summed E-state index contributed by atoms with van der Waals surface area (Å²) < 4.78 is 37.4. The van der Waals surface area contributed by atoms with Crippen LogP contribution in [0.5, 0.6) is 0 Å². The van der Waals surface area contributed by atoms with E-state index in [0.717, 1.165) is 6.07 Å². The van der Waals surface area contributed by atoms with Crippen LogP contribution in [0.25, 0.3) is 10.9 Å². The highest BCUT2D eigenvalue weighted by molar-refractivity contribution is 6.35. The fourth-order valence-corrected chi connectivity index (χ4v) is 1.58. The Hall–Kier alpha value is -1.16. The molecule has 2 rings (SSSR count). The zero-order chi connectivity index (χ0) is 10.3. The molecule has 1 heterocycles. The fourth-order valence-electron chi connectivity index (χ4n) is 1.36. The molecule has 1 nitrogen and oxygen atoms in total. The van der Waals surface area contributed by atoms with Crippen LogP contribution >= 0.6 is 11.6 Å². The summed E-state index contributed by atoms with van der Waals surface area (Å²) in [5.74, 6) is 0. The number of hydrogen-bond donors (Lipinski definition) is 1. The number of fused-ring (bicyclic) bond motifs is 1. The van der Waals surface area contributed by atoms with Crippen LogP contribution in [-0.2, 0) is 6.18 Å². The molecule has 1 aromatic heterocycles. The van der Waals surface area contributed by atoms with Gasteiger partial charge in [0.15, 0.2) is 0 Å². The highest BCUT2D eigenvalue weighted by atomic mass is 35.5. The molecule has 74 valence electrons. The number of H-pyrrole nitrogens is 1. The monoisotopic (exact) mass is 219 g/mol. The van der Waals surface area contributed by atoms with Crippen molar-refractivity contribution in [1.29, 1.82) is 0 Å². The number of aromatic amines is 1. The molecule has 0 saturated heterocycles. The van der Waals surface area contributed by atoms with Crippen LogP contribution in [0.4, 0.5) is 13.2 Å². The Labute approximate surface area is 82.5 Å². The van der Waals surface area contributed by atoms with Crippen LogP contribution in [0.2, 0.25) is 5.02 Å². The van der Waals surface area contributed by atoms with Crippen molar-refractivity contribution in [1.82, 2.24) is 4.98 Å². The van der Waals surface area contributed by atoms with Crippen LogP contribution in [0.3, 0.4) is 0 Å². The summed E-state index contributed by atoms with van der Waals surface area (Å²) in [5, 5.41) is 0.704. The average molecular weight is 220 g/mol. The molecular weight excluding hydrogens is 215 g/mol. The zero-order valence-electron chi connectivity index (χ0n) is 6.82. The lowest BCUT2D eigenvalue weighted by molar-refractivity contribution is -0.136. The number of halogens is 4. The van der Waals surface area contributed by atoms with Crippen molar-refractivity contribution in [3.8, 4) is 0 Å². The highest BCUT2D eigenvalue weighted by Crippen LogP contribution is 2.36. The van der Waals surface area contributed by atoms with E-state index in [1.165, 1.54) is 18.3 Å². The molecule has 1 N–H and O–H groups in total. The molecule has 1 aromatic carbocycles. The van der Waals surface area contributed by atoms with Gasteiger partial charge in [0.05, 0.1) is 11.1 Å². The molecule has 0 radical (unpaired) electrons. The van der Waals surface area contributed by atoms with Crippen LogP contribution in [0.1, 0.15) is 5.56 Å². The van der Waals surface area contributed by atoms with Gasteiger partial charge >= 0.3 is 6.18 Å². The quantitative estimate of drug-likeness (QED) is 0.693. The van der Waals surface area contributed by atoms with Crippen LogP contribution in [0, 0.1) is 0 Å². The van der Waals surface area contributed by atoms with E-state index in [2.05, 4.69) is 4.98 Å². The van der Waals surface area contributed by atoms with Crippen molar-refractivity contribution in [3.05, 3.63) is 35.0 Å². The minimum absolute atomic E-state index is 0.0324. The van der Waals surface area contributed by atoms with Crippen molar-refractivity contribution in [2.75, 3.05) is 0 Å². The number of hydrogen-bond acceptors (Lipinski definition) is 0. The van der Waals surface area contributed by atoms with E-state index in [-0.39, 0.29) is 5.52 Å². The third kappa shape index (κ3) is 1.35. The van der Waals surface area contributed by atoms with E-state index in [4.69, 9.17) is 11.6 Å². The number of rotatable bonds is 0. The van der Waals surface area contributed by atoms with Gasteiger partial charge in [-0.2, -0.15) is 13.2 Å². The first-order valence-corrected chi connectivity index (χ1v) is 4.21. The standard InChI is InChI=1S/C9H5ClF3N/c10-7-2-1-6(9(11,12)13)8-5(7)3-4-14-8/h1-4,14H. The molecule has 0 aliphatic carbocycles. The van der Waals surface area contributed by atoms with E-state index in [1.807, 2.05) is 0 Å². The normalized spacial score (nSPS) is 12.3. The maximum absolute atomic E-state index is 12.5. The van der Waals surface area contributed by atoms with Gasteiger partial charge in [-0.25, -0.2) is 0 Å². The molecule has 0 atom stereocenters. The topological polar surface area (TPSA) is 15.8 Å². The lowest BCUT2D eigenvalue weighted by atomic mass is 10.1. The summed E-state index contributed by atoms with van der Waals surface area (Å²) in [7, 11) is 0. The minimum atomic E-state index is -4.35. The maximum Gasteiger partial charge on any atom is 0.418 e. The van der Waals surface area contributed by atoms with E-state index in [0.29, 0.717) is 10.4 Å². The lowest BCUT2D eigenvalue weighted by Crippen LogP contribution is -2.05. The van der Waals surface area contributed by atoms with Crippen molar-refractivity contribution in [3.63, 3.8) is 0 Å². The Balaban J connectivity index is 2.80. The minimum Gasteiger partial charge on any atom is -0.361 e. The van der Waals surface area contributed by atoms with Crippen LogP contribution < -0.4 is 0 Å². The third-order valence-corrected chi connectivity index (χ3v) is 2.30. The zero-order valence-corrected chi connectivity index (χ0v) is 7.58. The highest BCUT2D eigenvalue weighted by Gasteiger charge is 2.33. The first kappa shape index (κ1) is 9.40. The van der Waals surface area contributed by atoms with Gasteiger partial charge in [0, 0.05) is 16.6 Å². The van der Waals surface area contributed by atoms with Crippen molar-refractivity contribution < 1.29 is 13.2 Å². The molecule has 0 amide bonds. The summed E-state index contributed by atoms with van der Waals surface area (Å²) >= 11 is 5.73. The second-order valence-electron chi connectivity index (χ2n) is 2.86. The Morgan fingerprint density at radius 2 is 1.86 bits per heavy atom. The summed E-state index contributed by atoms with van der Waals surface area (Å²) in [5.41, 5.74) is -0.660. The number of nitrogens with one attached hydrogen (secondary N) is 1. The lowest BCUT2D eigenvalue weighted by Gasteiger charge is -2.08. The van der Waals surface area contributed by atoms with Crippen LogP contribution in [0.15, 0.2) is 24.4 Å². The molecule has 2 aromatic rings. The molecule has 0 aliphatic heterocycles. The van der Waals surface area contributed by atoms with Gasteiger partial charge in [0.25, 0.3) is 0 Å². The molecule has 0 saturated carbocycles. The van der Waals surface area contributed by atoms with E-state index < -0.39 is 11.7 Å². The molecule has 0 aliphatic rings. The molecule has 0 spiro atoms. The SMILES string of the molecule is FC(F)(F)c1ccc(Cl)c2cc[nH]c12. The second kappa shape index (κ2) is 2.92. The van der Waals surface area contributed by atoms with Gasteiger partial charge in [0.1, 0.15) is 0 Å². The predicted octanol–water partition coefficient (Wildman–Crippen LogP) is 3.84. The van der Waals surface area contributed by atoms with Crippen molar-refractivity contribution in [2.45, 2.75) is 6.18 Å². The molecule has 0 bridgehead atoms. The van der Waals surface area contributed by atoms with E-state index in [1.54, 1.807) is 0 Å². The molecule has 0 unspecified atom stereocenters. The van der Waals surface area contributed by atoms with Gasteiger partial charge in [-0.15, -0.1) is 0 Å². The molecule has 14 heavy (non-hydrogen) atoms. The third-order valence-electron chi connectivity index (χ3n) is 1.98. The van der Waals surface area contributed by atoms with Gasteiger partial charge in [-0.05, 0) is 18.2 Å². The van der Waals surface area contributed by atoms with Gasteiger partial charge in [-0.1, -0.05) is 11.6 Å². The van der Waals surface area contributed by atoms with Crippen molar-refractivity contribution in [2.24, 2.45) is 0 Å². The first-order chi connectivity index (χ1) is 6.50. The van der Waals surface area contributed by atoms with E-state index >= 15 is 0 Å². The Kier molecular flexibility index (Phi) is 1.96. The number of aromatic nitrogens is 1. The summed E-state index contributed by atoms with van der Waals surface area (Å²) in [6.07, 6.45) is -2.92. The number of alkyl halides is 3. The van der Waals surface area contributed by atoms with E-state index in [9.17, 15) is 13.2 Å². The second-order valence-corrected chi connectivity index (χ2v) is 3.27. The summed E-state index contributed by atoms with van der Waals surface area (Å²) in [6, 6.07) is 3.74. The largest absolute Gasteiger partial charge is 0.418 e. The summed E-state index contributed by atoms with van der Waals surface area (Å²) in [6.45, 7) is 0. The fraction of sp³-hybridized carbons (Fsp3) is 0.111. The Morgan fingerprint density at radius 1 is 1.14 bits per heavy atom. The van der Waals surface area contributed by atoms with Crippen molar-refractivity contribution >= 4 is 22.5 Å². The Bertz CT molecular complexity index is 472.